The van der Waals surface area contributed by atoms with Gasteiger partial charge in [-0.1, -0.05) is 37.3 Å². The maximum Gasteiger partial charge on any atom is 0.254 e. The summed E-state index contributed by atoms with van der Waals surface area (Å²) in [7, 11) is 0. The number of rotatable bonds is 5. The van der Waals surface area contributed by atoms with E-state index >= 15 is 0 Å². The van der Waals surface area contributed by atoms with Crippen LogP contribution in [0.1, 0.15) is 34.5 Å². The maximum absolute atomic E-state index is 13.3. The lowest BCUT2D eigenvalue weighted by Gasteiger charge is -2.36. The van der Waals surface area contributed by atoms with Crippen molar-refractivity contribution in [3.05, 3.63) is 83.8 Å². The molecule has 0 radical (unpaired) electrons. The number of nitrogens with zero attached hydrogens (tertiary/aromatic N) is 3. The summed E-state index contributed by atoms with van der Waals surface area (Å²) < 4.78 is 5.74. The van der Waals surface area contributed by atoms with Crippen LogP contribution in [0, 0.1) is 0 Å². The second-order valence-corrected chi connectivity index (χ2v) is 6.99. The zero-order valence-electron chi connectivity index (χ0n) is 17.2. The van der Waals surface area contributed by atoms with Gasteiger partial charge >= 0.3 is 0 Å². The SMILES string of the molecule is CCc1ccc(C2CNCCN2C(=O)c2cccc(Oc3cnccn3)c2)cc1.Cl.Cl. The fourth-order valence-electron chi connectivity index (χ4n) is 3.54. The molecule has 0 saturated carbocycles. The number of carbonyl (C=O) groups is 1. The third-order valence-electron chi connectivity index (χ3n) is 5.12. The van der Waals surface area contributed by atoms with Crippen LogP contribution < -0.4 is 10.1 Å². The number of hydrogen-bond acceptors (Lipinski definition) is 5. The van der Waals surface area contributed by atoms with Crippen LogP contribution in [0.5, 0.6) is 11.6 Å². The molecule has 164 valence electrons. The van der Waals surface area contributed by atoms with Crippen molar-refractivity contribution in [3.8, 4) is 11.6 Å². The van der Waals surface area contributed by atoms with Crippen LogP contribution in [0.4, 0.5) is 0 Å². The van der Waals surface area contributed by atoms with Crippen LogP contribution in [-0.4, -0.2) is 40.4 Å². The molecule has 0 aliphatic carbocycles. The van der Waals surface area contributed by atoms with Gasteiger partial charge in [-0.15, -0.1) is 24.8 Å². The highest BCUT2D eigenvalue weighted by atomic mass is 35.5. The van der Waals surface area contributed by atoms with Crippen LogP contribution in [0.2, 0.25) is 0 Å². The highest BCUT2D eigenvalue weighted by Crippen LogP contribution is 2.26. The van der Waals surface area contributed by atoms with E-state index in [9.17, 15) is 4.79 Å². The van der Waals surface area contributed by atoms with Gasteiger partial charge in [0.1, 0.15) is 5.75 Å². The second kappa shape index (κ2) is 11.6. The molecule has 1 unspecified atom stereocenters. The van der Waals surface area contributed by atoms with Crippen LogP contribution in [-0.2, 0) is 6.42 Å². The van der Waals surface area contributed by atoms with Crippen molar-refractivity contribution in [2.45, 2.75) is 19.4 Å². The molecule has 1 amide bonds. The van der Waals surface area contributed by atoms with E-state index in [0.29, 0.717) is 23.7 Å². The Labute approximate surface area is 194 Å². The van der Waals surface area contributed by atoms with E-state index in [-0.39, 0.29) is 36.8 Å². The Hall–Kier alpha value is -2.67. The third kappa shape index (κ3) is 5.94. The number of nitrogens with one attached hydrogen (secondary N) is 1. The maximum atomic E-state index is 13.3. The van der Waals surface area contributed by atoms with Gasteiger partial charge in [0, 0.05) is 37.6 Å². The van der Waals surface area contributed by atoms with Gasteiger partial charge < -0.3 is 15.0 Å². The van der Waals surface area contributed by atoms with Gasteiger partial charge in [0.15, 0.2) is 0 Å². The van der Waals surface area contributed by atoms with E-state index in [0.717, 1.165) is 25.1 Å². The zero-order chi connectivity index (χ0) is 20.1. The number of amides is 1. The van der Waals surface area contributed by atoms with Crippen LogP contribution >= 0.6 is 24.8 Å². The average Bonchev–Trinajstić information content (AvgIpc) is 2.79. The minimum atomic E-state index is 0. The summed E-state index contributed by atoms with van der Waals surface area (Å²) in [5, 5.41) is 3.41. The van der Waals surface area contributed by atoms with Crippen molar-refractivity contribution in [2.75, 3.05) is 19.6 Å². The van der Waals surface area contributed by atoms with Crippen LogP contribution in [0.25, 0.3) is 0 Å². The molecule has 1 N–H and O–H groups in total. The van der Waals surface area contributed by atoms with Crippen molar-refractivity contribution in [1.29, 1.82) is 0 Å². The molecule has 1 aromatic heterocycles. The molecule has 6 nitrogen and oxygen atoms in total. The number of piperazine rings is 1. The standard InChI is InChI=1S/C23H24N4O2.2ClH/c1-2-17-6-8-18(9-7-17)21-15-25-12-13-27(21)23(28)19-4-3-5-20(14-19)29-22-16-24-10-11-26-22;;/h3-11,14,16,21,25H,2,12-13,15H2,1H3;2*1H. The smallest absolute Gasteiger partial charge is 0.254 e. The fraction of sp³-hybridized carbons (Fsp3) is 0.261. The normalized spacial score (nSPS) is 15.4. The molecule has 1 fully saturated rings. The molecule has 2 aromatic carbocycles. The summed E-state index contributed by atoms with van der Waals surface area (Å²) >= 11 is 0. The molecular weight excluding hydrogens is 435 g/mol. The molecule has 1 aliphatic heterocycles. The topological polar surface area (TPSA) is 67.4 Å². The van der Waals surface area contributed by atoms with Crippen molar-refractivity contribution in [3.63, 3.8) is 0 Å². The summed E-state index contributed by atoms with van der Waals surface area (Å²) in [5.74, 6) is 0.962. The van der Waals surface area contributed by atoms with Crippen molar-refractivity contribution < 1.29 is 9.53 Å². The van der Waals surface area contributed by atoms with E-state index in [4.69, 9.17) is 4.74 Å². The first kappa shape index (κ1) is 24.6. The average molecular weight is 461 g/mol. The quantitative estimate of drug-likeness (QED) is 0.608. The Bertz CT molecular complexity index is 971. The molecule has 8 heteroatoms. The number of carbonyl (C=O) groups excluding carboxylic acids is 1. The van der Waals surface area contributed by atoms with Crippen molar-refractivity contribution >= 4 is 30.7 Å². The molecule has 1 saturated heterocycles. The van der Waals surface area contributed by atoms with E-state index in [1.54, 1.807) is 24.7 Å². The first-order valence-corrected chi connectivity index (χ1v) is 9.89. The minimum absolute atomic E-state index is 0. The number of ether oxygens (including phenoxy) is 1. The number of aryl methyl sites for hydroxylation is 1. The number of hydrogen-bond donors (Lipinski definition) is 1. The lowest BCUT2D eigenvalue weighted by Crippen LogP contribution is -2.48. The van der Waals surface area contributed by atoms with Crippen LogP contribution in [0.15, 0.2) is 67.1 Å². The number of halogens is 2. The lowest BCUT2D eigenvalue weighted by molar-refractivity contribution is 0.0634. The Morgan fingerprint density at radius 1 is 1.16 bits per heavy atom. The molecule has 4 rings (SSSR count). The summed E-state index contributed by atoms with van der Waals surface area (Å²) in [6.07, 6.45) is 5.70. The Balaban J connectivity index is 0.00000171. The third-order valence-corrected chi connectivity index (χ3v) is 5.12. The summed E-state index contributed by atoms with van der Waals surface area (Å²) in [5.41, 5.74) is 3.04. The minimum Gasteiger partial charge on any atom is -0.437 e. The van der Waals surface area contributed by atoms with Gasteiger partial charge in [0.05, 0.1) is 12.2 Å². The van der Waals surface area contributed by atoms with Gasteiger partial charge in [-0.2, -0.15) is 0 Å². The van der Waals surface area contributed by atoms with Crippen LogP contribution in [0.3, 0.4) is 0 Å². The van der Waals surface area contributed by atoms with E-state index in [1.165, 1.54) is 5.56 Å². The first-order chi connectivity index (χ1) is 14.2. The van der Waals surface area contributed by atoms with Gasteiger partial charge in [-0.3, -0.25) is 9.78 Å². The first-order valence-electron chi connectivity index (χ1n) is 9.89. The van der Waals surface area contributed by atoms with E-state index in [1.807, 2.05) is 23.1 Å². The molecule has 31 heavy (non-hydrogen) atoms. The summed E-state index contributed by atoms with van der Waals surface area (Å²) in [6.45, 7) is 4.33. The van der Waals surface area contributed by atoms with Gasteiger partial charge in [-0.05, 0) is 35.7 Å². The second-order valence-electron chi connectivity index (χ2n) is 6.99. The van der Waals surface area contributed by atoms with Gasteiger partial charge in [-0.25, -0.2) is 4.98 Å². The largest absolute Gasteiger partial charge is 0.437 e. The lowest BCUT2D eigenvalue weighted by atomic mass is 10.00. The summed E-state index contributed by atoms with van der Waals surface area (Å²) in [6, 6.07) is 15.8. The molecule has 3 aromatic rings. The van der Waals surface area contributed by atoms with Crippen molar-refractivity contribution in [2.24, 2.45) is 0 Å². The van der Waals surface area contributed by atoms with Gasteiger partial charge in [0.25, 0.3) is 5.91 Å². The number of aromatic nitrogens is 2. The van der Waals surface area contributed by atoms with Gasteiger partial charge in [0.2, 0.25) is 5.88 Å². The zero-order valence-corrected chi connectivity index (χ0v) is 18.9. The molecule has 0 bridgehead atoms. The monoisotopic (exact) mass is 460 g/mol. The van der Waals surface area contributed by atoms with E-state index in [2.05, 4.69) is 46.5 Å². The fourth-order valence-corrected chi connectivity index (χ4v) is 3.54. The Morgan fingerprint density at radius 2 is 1.97 bits per heavy atom. The molecular formula is C23H26Cl2N4O2. The predicted octanol–water partition coefficient (Wildman–Crippen LogP) is 4.46. The van der Waals surface area contributed by atoms with E-state index < -0.39 is 0 Å². The van der Waals surface area contributed by atoms with Crippen molar-refractivity contribution in [1.82, 2.24) is 20.2 Å². The molecule has 1 atom stereocenters. The summed E-state index contributed by atoms with van der Waals surface area (Å²) in [4.78, 5) is 23.4. The number of benzene rings is 2. The molecule has 0 spiro atoms. The molecule has 2 heterocycles. The highest BCUT2D eigenvalue weighted by molar-refractivity contribution is 5.95. The Kier molecular flexibility index (Phi) is 9.24. The Morgan fingerprint density at radius 3 is 2.68 bits per heavy atom. The highest BCUT2D eigenvalue weighted by Gasteiger charge is 2.28. The molecule has 1 aliphatic rings. The predicted molar refractivity (Wildman–Crippen MR) is 126 cm³/mol.